The summed E-state index contributed by atoms with van der Waals surface area (Å²) in [4.78, 5) is 25.2. The molecule has 0 atom stereocenters. The number of rotatable bonds is 4. The van der Waals surface area contributed by atoms with E-state index in [4.69, 9.17) is 4.74 Å². The maximum Gasteiger partial charge on any atom is 0.337 e. The van der Waals surface area contributed by atoms with E-state index in [9.17, 15) is 14.7 Å². The molecule has 22 heavy (non-hydrogen) atoms. The molecular formula is C17H17NO4. The minimum atomic E-state index is -1.07. The van der Waals surface area contributed by atoms with Gasteiger partial charge < -0.3 is 14.7 Å². The van der Waals surface area contributed by atoms with Crippen molar-refractivity contribution in [3.05, 3.63) is 59.2 Å². The fourth-order valence-corrected chi connectivity index (χ4v) is 2.20. The third-order valence-corrected chi connectivity index (χ3v) is 3.46. The molecule has 0 aliphatic carbocycles. The average Bonchev–Trinajstić information content (AvgIpc) is 2.53. The minimum Gasteiger partial charge on any atom is -0.496 e. The lowest BCUT2D eigenvalue weighted by Gasteiger charge is -2.20. The number of carbonyl (C=O) groups excluding carboxylic acids is 1. The summed E-state index contributed by atoms with van der Waals surface area (Å²) in [6.07, 6.45) is 0. The molecular weight excluding hydrogens is 282 g/mol. The first kappa shape index (κ1) is 15.6. The van der Waals surface area contributed by atoms with Gasteiger partial charge in [0.05, 0.1) is 18.4 Å². The van der Waals surface area contributed by atoms with E-state index in [2.05, 4.69) is 0 Å². The zero-order chi connectivity index (χ0) is 16.3. The van der Waals surface area contributed by atoms with Crippen LogP contribution in [-0.4, -0.2) is 31.1 Å². The molecule has 0 aliphatic heterocycles. The van der Waals surface area contributed by atoms with Gasteiger partial charge in [0.15, 0.2) is 0 Å². The molecule has 114 valence electrons. The average molecular weight is 299 g/mol. The largest absolute Gasteiger partial charge is 0.496 e. The van der Waals surface area contributed by atoms with Gasteiger partial charge in [0.1, 0.15) is 5.75 Å². The molecule has 0 heterocycles. The highest BCUT2D eigenvalue weighted by Gasteiger charge is 2.19. The highest BCUT2D eigenvalue weighted by atomic mass is 16.5. The second-order valence-corrected chi connectivity index (χ2v) is 4.87. The molecule has 0 aliphatic rings. The van der Waals surface area contributed by atoms with E-state index in [1.165, 1.54) is 11.0 Å². The van der Waals surface area contributed by atoms with Gasteiger partial charge in [-0.1, -0.05) is 18.2 Å². The van der Waals surface area contributed by atoms with Gasteiger partial charge >= 0.3 is 5.97 Å². The number of benzene rings is 2. The number of para-hydroxylation sites is 1. The Morgan fingerprint density at radius 2 is 1.82 bits per heavy atom. The molecule has 0 unspecified atom stereocenters. The number of anilines is 1. The SMILES string of the molecule is COc1cc(C(=O)N(C)c2ccccc2C(=O)O)ccc1C. The lowest BCUT2D eigenvalue weighted by Crippen LogP contribution is -2.28. The Kier molecular flexibility index (Phi) is 4.46. The number of ether oxygens (including phenoxy) is 1. The van der Waals surface area contributed by atoms with Crippen LogP contribution in [0.25, 0.3) is 0 Å². The quantitative estimate of drug-likeness (QED) is 0.942. The Morgan fingerprint density at radius 3 is 2.45 bits per heavy atom. The zero-order valence-corrected chi connectivity index (χ0v) is 12.7. The third-order valence-electron chi connectivity index (χ3n) is 3.46. The van der Waals surface area contributed by atoms with Gasteiger partial charge in [0.2, 0.25) is 0 Å². The third kappa shape index (κ3) is 2.93. The van der Waals surface area contributed by atoms with Gasteiger partial charge in [-0.2, -0.15) is 0 Å². The van der Waals surface area contributed by atoms with Crippen molar-refractivity contribution in [3.8, 4) is 5.75 Å². The normalized spacial score (nSPS) is 10.1. The highest BCUT2D eigenvalue weighted by Crippen LogP contribution is 2.24. The lowest BCUT2D eigenvalue weighted by atomic mass is 10.1. The van der Waals surface area contributed by atoms with Gasteiger partial charge in [-0.3, -0.25) is 4.79 Å². The van der Waals surface area contributed by atoms with Crippen LogP contribution in [0.3, 0.4) is 0 Å². The van der Waals surface area contributed by atoms with Crippen molar-refractivity contribution in [2.75, 3.05) is 19.1 Å². The molecule has 0 spiro atoms. The molecule has 0 fully saturated rings. The predicted octanol–water partition coefficient (Wildman–Crippen LogP) is 2.98. The van der Waals surface area contributed by atoms with Crippen LogP contribution in [0.1, 0.15) is 26.3 Å². The predicted molar refractivity (Wildman–Crippen MR) is 83.9 cm³/mol. The monoisotopic (exact) mass is 299 g/mol. The van der Waals surface area contributed by atoms with Crippen LogP contribution >= 0.6 is 0 Å². The van der Waals surface area contributed by atoms with Crippen LogP contribution in [0.4, 0.5) is 5.69 Å². The Labute approximate surface area is 128 Å². The standard InChI is InChI=1S/C17H17NO4/c1-11-8-9-12(10-15(11)22-3)16(19)18(2)14-7-5-4-6-13(14)17(20)21/h4-10H,1-3H3,(H,20,21). The summed E-state index contributed by atoms with van der Waals surface area (Å²) in [5, 5.41) is 9.23. The molecule has 5 heteroatoms. The summed E-state index contributed by atoms with van der Waals surface area (Å²) < 4.78 is 5.22. The molecule has 2 rings (SSSR count). The molecule has 2 aromatic rings. The van der Waals surface area contributed by atoms with Crippen molar-refractivity contribution in [1.82, 2.24) is 0 Å². The van der Waals surface area contributed by atoms with Crippen LogP contribution < -0.4 is 9.64 Å². The highest BCUT2D eigenvalue weighted by molar-refractivity contribution is 6.09. The summed E-state index contributed by atoms with van der Waals surface area (Å²) in [6, 6.07) is 11.5. The number of hydrogen-bond donors (Lipinski definition) is 1. The molecule has 0 radical (unpaired) electrons. The second kappa shape index (κ2) is 6.30. The second-order valence-electron chi connectivity index (χ2n) is 4.87. The maximum atomic E-state index is 12.6. The maximum absolute atomic E-state index is 12.6. The van der Waals surface area contributed by atoms with Crippen molar-refractivity contribution in [1.29, 1.82) is 0 Å². The number of carboxylic acid groups (broad SMARTS) is 1. The molecule has 5 nitrogen and oxygen atoms in total. The number of carbonyl (C=O) groups is 2. The molecule has 2 aromatic carbocycles. The number of amides is 1. The van der Waals surface area contributed by atoms with Crippen LogP contribution in [-0.2, 0) is 0 Å². The summed E-state index contributed by atoms with van der Waals surface area (Å²) in [7, 11) is 3.09. The molecule has 0 saturated carbocycles. The van der Waals surface area contributed by atoms with E-state index in [1.54, 1.807) is 50.6 Å². The molecule has 0 saturated heterocycles. The number of methoxy groups -OCH3 is 1. The first-order valence-corrected chi connectivity index (χ1v) is 6.70. The van der Waals surface area contributed by atoms with E-state index >= 15 is 0 Å². The minimum absolute atomic E-state index is 0.0810. The summed E-state index contributed by atoms with van der Waals surface area (Å²) in [5.74, 6) is -0.755. The van der Waals surface area contributed by atoms with Crippen molar-refractivity contribution in [3.63, 3.8) is 0 Å². The Bertz CT molecular complexity index is 724. The van der Waals surface area contributed by atoms with Crippen molar-refractivity contribution in [2.45, 2.75) is 6.92 Å². The number of aryl methyl sites for hydroxylation is 1. The number of nitrogens with zero attached hydrogens (tertiary/aromatic N) is 1. The number of hydrogen-bond acceptors (Lipinski definition) is 3. The van der Waals surface area contributed by atoms with Gasteiger partial charge in [0, 0.05) is 12.6 Å². The summed E-state index contributed by atoms with van der Waals surface area (Å²) >= 11 is 0. The number of aromatic carboxylic acids is 1. The molecule has 1 amide bonds. The van der Waals surface area contributed by atoms with Gasteiger partial charge in [0.25, 0.3) is 5.91 Å². The van der Waals surface area contributed by atoms with Crippen LogP contribution in [0.15, 0.2) is 42.5 Å². The first-order valence-electron chi connectivity index (χ1n) is 6.70. The molecule has 1 N–H and O–H groups in total. The Morgan fingerprint density at radius 1 is 1.14 bits per heavy atom. The lowest BCUT2D eigenvalue weighted by molar-refractivity contribution is 0.0697. The molecule has 0 bridgehead atoms. The zero-order valence-electron chi connectivity index (χ0n) is 12.7. The van der Waals surface area contributed by atoms with E-state index < -0.39 is 5.97 Å². The summed E-state index contributed by atoms with van der Waals surface area (Å²) in [5.41, 5.74) is 1.79. The topological polar surface area (TPSA) is 66.8 Å². The van der Waals surface area contributed by atoms with Crippen LogP contribution in [0.5, 0.6) is 5.75 Å². The van der Waals surface area contributed by atoms with E-state index in [0.29, 0.717) is 17.0 Å². The Hall–Kier alpha value is -2.82. The van der Waals surface area contributed by atoms with Crippen molar-refractivity contribution in [2.24, 2.45) is 0 Å². The van der Waals surface area contributed by atoms with E-state index in [-0.39, 0.29) is 11.5 Å². The van der Waals surface area contributed by atoms with Crippen LogP contribution in [0.2, 0.25) is 0 Å². The smallest absolute Gasteiger partial charge is 0.337 e. The fourth-order valence-electron chi connectivity index (χ4n) is 2.20. The van der Waals surface area contributed by atoms with Crippen molar-refractivity contribution < 1.29 is 19.4 Å². The van der Waals surface area contributed by atoms with Crippen LogP contribution in [0, 0.1) is 6.92 Å². The van der Waals surface area contributed by atoms with E-state index in [0.717, 1.165) is 5.56 Å². The van der Waals surface area contributed by atoms with Crippen molar-refractivity contribution >= 4 is 17.6 Å². The fraction of sp³-hybridized carbons (Fsp3) is 0.176. The molecule has 0 aromatic heterocycles. The van der Waals surface area contributed by atoms with Gasteiger partial charge in [-0.25, -0.2) is 4.79 Å². The summed E-state index contributed by atoms with van der Waals surface area (Å²) in [6.45, 7) is 1.89. The number of carboxylic acids is 1. The van der Waals surface area contributed by atoms with Gasteiger partial charge in [-0.15, -0.1) is 0 Å². The Balaban J connectivity index is 2.40. The van der Waals surface area contributed by atoms with Gasteiger partial charge in [-0.05, 0) is 36.8 Å². The van der Waals surface area contributed by atoms with E-state index in [1.807, 2.05) is 6.92 Å². The first-order chi connectivity index (χ1) is 10.5.